The maximum absolute atomic E-state index is 13.6. The molecule has 0 aliphatic rings. The third kappa shape index (κ3) is 7.39. The first kappa shape index (κ1) is 37.4. The molecule has 6 nitrogen and oxygen atoms in total. The van der Waals surface area contributed by atoms with E-state index in [0.717, 1.165) is 41.5 Å². The van der Waals surface area contributed by atoms with Gasteiger partial charge < -0.3 is 24.4 Å². The zero-order chi connectivity index (χ0) is 32.1. The van der Waals surface area contributed by atoms with Crippen LogP contribution < -0.4 is 0 Å². The molecule has 0 amide bonds. The molecule has 0 radical (unpaired) electrons. The fourth-order valence-electron chi connectivity index (χ4n) is 4.34. The van der Waals surface area contributed by atoms with Crippen LogP contribution in [0.3, 0.4) is 0 Å². The number of esters is 1. The van der Waals surface area contributed by atoms with Gasteiger partial charge in [0.15, 0.2) is 5.60 Å². The predicted molar refractivity (Wildman–Crippen MR) is 121 cm³/mol. The van der Waals surface area contributed by atoms with Crippen molar-refractivity contribution in [2.45, 2.75) is 121 Å². The molecule has 0 aromatic rings. The lowest BCUT2D eigenvalue weighted by Gasteiger charge is -2.53. The molecule has 2 N–H and O–H groups in total. The van der Waals surface area contributed by atoms with Crippen LogP contribution in [0.15, 0.2) is 12.2 Å². The summed E-state index contributed by atoms with van der Waals surface area (Å²) in [7, 11) is 0. The molecule has 15 heteroatoms. The van der Waals surface area contributed by atoms with Crippen molar-refractivity contribution in [1.82, 2.24) is 0 Å². The molecule has 0 bridgehead atoms. The number of alkyl halides is 9. The molecule has 0 aromatic carbocycles. The van der Waals surface area contributed by atoms with Gasteiger partial charge in [-0.05, 0) is 69.2 Å². The van der Waals surface area contributed by atoms with Gasteiger partial charge in [-0.2, -0.15) is 39.5 Å². The number of halogens is 9. The third-order valence-electron chi connectivity index (χ3n) is 6.86. The first-order chi connectivity index (χ1) is 16.6. The molecule has 2 atom stereocenters. The molecule has 39 heavy (non-hydrogen) atoms. The van der Waals surface area contributed by atoms with Crippen LogP contribution in [0.5, 0.6) is 0 Å². The van der Waals surface area contributed by atoms with Crippen LogP contribution in [0, 0.1) is 5.92 Å². The minimum Gasteiger partial charge on any atom is -0.462 e. The van der Waals surface area contributed by atoms with Gasteiger partial charge in [-0.25, -0.2) is 4.79 Å². The Morgan fingerprint density at radius 2 is 1.03 bits per heavy atom. The summed E-state index contributed by atoms with van der Waals surface area (Å²) in [4.78, 5) is 12.1. The third-order valence-corrected chi connectivity index (χ3v) is 6.86. The minimum atomic E-state index is -6.27. The number of hydrogen-bond acceptors (Lipinski definition) is 6. The van der Waals surface area contributed by atoms with Gasteiger partial charge in [-0.15, -0.1) is 0 Å². The second-order valence-corrected chi connectivity index (χ2v) is 11.6. The van der Waals surface area contributed by atoms with Crippen LogP contribution in [-0.4, -0.2) is 74.9 Å². The lowest BCUT2D eigenvalue weighted by molar-refractivity contribution is -0.423. The number of hydrogen-bond donors (Lipinski definition) is 2. The van der Waals surface area contributed by atoms with E-state index in [1.165, 1.54) is 6.92 Å². The standard InChI is InChI=1S/C24H37F9O6/c1-13(2)15(34)37-12-14(16(3,4)38-18(7,8)20(11,35)22(25,26)27)17(5,6)39-19(9,10)21(36,23(28,29)30)24(31,32)33/h14,35-36H,1,12H2,2-11H3. The average Bonchev–Trinajstić information content (AvgIpc) is 2.61. The van der Waals surface area contributed by atoms with E-state index in [0.29, 0.717) is 20.8 Å². The first-order valence-corrected chi connectivity index (χ1v) is 11.5. The van der Waals surface area contributed by atoms with Crippen molar-refractivity contribution in [3.8, 4) is 0 Å². The monoisotopic (exact) mass is 592 g/mol. The Morgan fingerprint density at radius 1 is 0.692 bits per heavy atom. The number of ether oxygens (including phenoxy) is 3. The molecule has 0 fully saturated rings. The van der Waals surface area contributed by atoms with E-state index in [1.54, 1.807) is 0 Å². The highest BCUT2D eigenvalue weighted by atomic mass is 19.4. The van der Waals surface area contributed by atoms with Gasteiger partial charge in [0, 0.05) is 5.57 Å². The summed E-state index contributed by atoms with van der Waals surface area (Å²) in [6.45, 7) is 10.8. The van der Waals surface area contributed by atoms with Gasteiger partial charge >= 0.3 is 24.5 Å². The molecule has 2 unspecified atom stereocenters. The molecule has 232 valence electrons. The average molecular weight is 593 g/mol. The molecule has 0 aromatic heterocycles. The van der Waals surface area contributed by atoms with Crippen LogP contribution in [0.1, 0.15) is 69.2 Å². The van der Waals surface area contributed by atoms with Gasteiger partial charge in [0.1, 0.15) is 11.2 Å². The Hall–Kier alpha value is -1.58. The lowest BCUT2D eigenvalue weighted by Crippen LogP contribution is -2.71. The van der Waals surface area contributed by atoms with Gasteiger partial charge in [-0.3, -0.25) is 0 Å². The van der Waals surface area contributed by atoms with Crippen molar-refractivity contribution in [1.29, 1.82) is 0 Å². The maximum Gasteiger partial charge on any atom is 0.429 e. The summed E-state index contributed by atoms with van der Waals surface area (Å²) in [5.41, 5.74) is -19.2. The number of rotatable bonds is 11. The van der Waals surface area contributed by atoms with Crippen molar-refractivity contribution in [3.63, 3.8) is 0 Å². The van der Waals surface area contributed by atoms with Crippen molar-refractivity contribution in [3.05, 3.63) is 12.2 Å². The van der Waals surface area contributed by atoms with Gasteiger partial charge in [0.05, 0.1) is 23.7 Å². The van der Waals surface area contributed by atoms with Crippen molar-refractivity contribution in [2.75, 3.05) is 6.61 Å². The highest BCUT2D eigenvalue weighted by Gasteiger charge is 2.78. The summed E-state index contributed by atoms with van der Waals surface area (Å²) >= 11 is 0. The molecule has 0 spiro atoms. The largest absolute Gasteiger partial charge is 0.462 e. The van der Waals surface area contributed by atoms with Crippen molar-refractivity contribution in [2.24, 2.45) is 5.92 Å². The molecule has 0 rings (SSSR count). The Labute approximate surface area is 221 Å². The summed E-state index contributed by atoms with van der Waals surface area (Å²) in [6.07, 6.45) is -17.8. The molecule has 0 aliphatic carbocycles. The summed E-state index contributed by atoms with van der Waals surface area (Å²) in [5, 5.41) is 20.2. The smallest absolute Gasteiger partial charge is 0.429 e. The molecular formula is C24H37F9O6. The Bertz CT molecular complexity index is 883. The second-order valence-electron chi connectivity index (χ2n) is 11.6. The van der Waals surface area contributed by atoms with Crippen molar-refractivity contribution < 1.29 is 68.7 Å². The molecular weight excluding hydrogens is 555 g/mol. The first-order valence-electron chi connectivity index (χ1n) is 11.5. The second kappa shape index (κ2) is 10.7. The van der Waals surface area contributed by atoms with Gasteiger partial charge in [-0.1, -0.05) is 6.58 Å². The molecule has 0 saturated carbocycles. The predicted octanol–water partition coefficient (Wildman–Crippen LogP) is 6.04. The van der Waals surface area contributed by atoms with E-state index in [-0.39, 0.29) is 5.57 Å². The van der Waals surface area contributed by atoms with Crippen molar-refractivity contribution >= 4 is 5.97 Å². The van der Waals surface area contributed by atoms with E-state index in [4.69, 9.17) is 14.2 Å². The van der Waals surface area contributed by atoms with E-state index in [9.17, 15) is 54.5 Å². The van der Waals surface area contributed by atoms with E-state index in [1.807, 2.05) is 0 Å². The van der Waals surface area contributed by atoms with E-state index >= 15 is 0 Å². The van der Waals surface area contributed by atoms with E-state index < -0.39 is 70.6 Å². The van der Waals surface area contributed by atoms with Crippen LogP contribution in [0.25, 0.3) is 0 Å². The van der Waals surface area contributed by atoms with Gasteiger partial charge in [0.2, 0.25) is 0 Å². The Morgan fingerprint density at radius 3 is 1.31 bits per heavy atom. The molecule has 0 heterocycles. The van der Waals surface area contributed by atoms with Crippen LogP contribution in [0.2, 0.25) is 0 Å². The molecule has 0 aliphatic heterocycles. The highest BCUT2D eigenvalue weighted by molar-refractivity contribution is 5.86. The normalized spacial score (nSPS) is 17.5. The topological polar surface area (TPSA) is 85.2 Å². The summed E-state index contributed by atoms with van der Waals surface area (Å²) in [6, 6.07) is 0. The number of carbonyl (C=O) groups is 1. The van der Waals surface area contributed by atoms with Crippen LogP contribution in [0.4, 0.5) is 39.5 Å². The number of aliphatic hydroxyl groups is 2. The quantitative estimate of drug-likeness (QED) is 0.173. The fourth-order valence-corrected chi connectivity index (χ4v) is 4.34. The Kier molecular flexibility index (Phi) is 10.2. The fraction of sp³-hybridized carbons (Fsp3) is 0.875. The van der Waals surface area contributed by atoms with E-state index in [2.05, 4.69) is 6.58 Å². The van der Waals surface area contributed by atoms with Gasteiger partial charge in [0.25, 0.3) is 5.60 Å². The SMILES string of the molecule is C=C(C)C(=O)OCC(C(C)(C)OC(C)(C)C(C)(O)C(F)(F)F)C(C)(C)OC(C)(C)C(O)(C(F)(F)F)C(F)(F)F. The highest BCUT2D eigenvalue weighted by Crippen LogP contribution is 2.53. The lowest BCUT2D eigenvalue weighted by atomic mass is 9.75. The van der Waals surface area contributed by atoms with Crippen LogP contribution in [-0.2, 0) is 19.0 Å². The van der Waals surface area contributed by atoms with Crippen LogP contribution >= 0.6 is 0 Å². The maximum atomic E-state index is 13.6. The minimum absolute atomic E-state index is 0.143. The zero-order valence-corrected chi connectivity index (χ0v) is 23.4. The summed E-state index contributed by atoms with van der Waals surface area (Å²) < 4.78 is 138. The number of carbonyl (C=O) groups excluding carboxylic acids is 1. The Balaban J connectivity index is 6.89. The molecule has 0 saturated heterocycles. The zero-order valence-electron chi connectivity index (χ0n) is 23.4. The summed E-state index contributed by atoms with van der Waals surface area (Å²) in [5.74, 6) is -2.63.